The van der Waals surface area contributed by atoms with Crippen LogP contribution in [0.4, 0.5) is 5.69 Å². The quantitative estimate of drug-likeness (QED) is 0.699. The fourth-order valence-electron chi connectivity index (χ4n) is 2.71. The highest BCUT2D eigenvalue weighted by Crippen LogP contribution is 2.26. The van der Waals surface area contributed by atoms with E-state index in [9.17, 15) is 4.79 Å². The fraction of sp³-hybridized carbons (Fsp3) is 0.200. The van der Waals surface area contributed by atoms with Crippen LogP contribution < -0.4 is 11.1 Å². The molecule has 25 heavy (non-hydrogen) atoms. The van der Waals surface area contributed by atoms with Crippen LogP contribution in [0.1, 0.15) is 32.1 Å². The monoisotopic (exact) mass is 351 g/mol. The molecule has 2 aromatic carbocycles. The number of amides is 1. The van der Waals surface area contributed by atoms with E-state index >= 15 is 0 Å². The van der Waals surface area contributed by atoms with Crippen LogP contribution in [0.5, 0.6) is 0 Å². The van der Waals surface area contributed by atoms with Gasteiger partial charge < -0.3 is 11.1 Å². The Kier molecular flexibility index (Phi) is 4.86. The Morgan fingerprint density at radius 2 is 1.88 bits per heavy atom. The molecule has 3 rings (SSSR count). The standard InChI is InChI=1S/C20H21N3OS/c1-12-9-17(21)13(2)8-16(12)10-19-23-18(11-25-19)14-4-6-15(7-5-14)20(24)22-3/h4-9,11H,10,21H2,1-3H3,(H,22,24). The first-order valence-corrected chi connectivity index (χ1v) is 8.98. The minimum absolute atomic E-state index is 0.0836. The first kappa shape index (κ1) is 17.2. The van der Waals surface area contributed by atoms with Crippen molar-refractivity contribution in [3.05, 3.63) is 69.0 Å². The van der Waals surface area contributed by atoms with Crippen LogP contribution in [0.3, 0.4) is 0 Å². The van der Waals surface area contributed by atoms with E-state index in [4.69, 9.17) is 10.7 Å². The number of carbonyl (C=O) groups is 1. The maximum Gasteiger partial charge on any atom is 0.251 e. The number of nitrogens with one attached hydrogen (secondary N) is 1. The van der Waals surface area contributed by atoms with Crippen molar-refractivity contribution in [2.45, 2.75) is 20.3 Å². The summed E-state index contributed by atoms with van der Waals surface area (Å²) in [4.78, 5) is 16.4. The number of nitrogens with zero attached hydrogens (tertiary/aromatic N) is 1. The molecule has 0 atom stereocenters. The first-order chi connectivity index (χ1) is 12.0. The lowest BCUT2D eigenvalue weighted by Crippen LogP contribution is -2.17. The van der Waals surface area contributed by atoms with Crippen molar-refractivity contribution < 1.29 is 4.79 Å². The third-order valence-electron chi connectivity index (χ3n) is 4.29. The van der Waals surface area contributed by atoms with Crippen LogP contribution >= 0.6 is 11.3 Å². The molecule has 1 amide bonds. The average molecular weight is 351 g/mol. The topological polar surface area (TPSA) is 68.0 Å². The summed E-state index contributed by atoms with van der Waals surface area (Å²) in [6.07, 6.45) is 0.800. The number of benzene rings is 2. The second-order valence-electron chi connectivity index (χ2n) is 6.10. The molecule has 0 saturated carbocycles. The lowest BCUT2D eigenvalue weighted by atomic mass is 10.0. The van der Waals surface area contributed by atoms with Gasteiger partial charge in [0.15, 0.2) is 0 Å². The van der Waals surface area contributed by atoms with E-state index in [-0.39, 0.29) is 5.91 Å². The lowest BCUT2D eigenvalue weighted by Gasteiger charge is -2.08. The summed E-state index contributed by atoms with van der Waals surface area (Å²) in [7, 11) is 1.63. The third-order valence-corrected chi connectivity index (χ3v) is 5.14. The van der Waals surface area contributed by atoms with Gasteiger partial charge in [-0.1, -0.05) is 18.2 Å². The van der Waals surface area contributed by atoms with Crippen molar-refractivity contribution >= 4 is 22.9 Å². The highest BCUT2D eigenvalue weighted by Gasteiger charge is 2.09. The molecule has 0 unspecified atom stereocenters. The number of thiazole rings is 1. The molecule has 0 fully saturated rings. The van der Waals surface area contributed by atoms with E-state index in [1.807, 2.05) is 37.3 Å². The minimum Gasteiger partial charge on any atom is -0.399 e. The summed E-state index contributed by atoms with van der Waals surface area (Å²) in [5.41, 5.74) is 12.9. The number of hydrogen-bond donors (Lipinski definition) is 2. The molecule has 0 aliphatic rings. The minimum atomic E-state index is -0.0836. The Balaban J connectivity index is 1.81. The largest absolute Gasteiger partial charge is 0.399 e. The van der Waals surface area contributed by atoms with Gasteiger partial charge in [0, 0.05) is 35.7 Å². The predicted octanol–water partition coefficient (Wildman–Crippen LogP) is 3.96. The van der Waals surface area contributed by atoms with Crippen molar-refractivity contribution in [2.75, 3.05) is 12.8 Å². The van der Waals surface area contributed by atoms with Crippen molar-refractivity contribution in [1.29, 1.82) is 0 Å². The Morgan fingerprint density at radius 3 is 2.56 bits per heavy atom. The molecule has 5 heteroatoms. The molecule has 3 N–H and O–H groups in total. The molecular formula is C20H21N3OS. The molecule has 0 bridgehead atoms. The van der Waals surface area contributed by atoms with Gasteiger partial charge in [0.25, 0.3) is 5.91 Å². The molecule has 0 radical (unpaired) electrons. The SMILES string of the molecule is CNC(=O)c1ccc(-c2csc(Cc3cc(C)c(N)cc3C)n2)cc1. The van der Waals surface area contributed by atoms with Crippen LogP contribution in [-0.4, -0.2) is 17.9 Å². The number of aryl methyl sites for hydroxylation is 2. The smallest absolute Gasteiger partial charge is 0.251 e. The maximum atomic E-state index is 11.6. The van der Waals surface area contributed by atoms with Crippen molar-refractivity contribution in [1.82, 2.24) is 10.3 Å². The highest BCUT2D eigenvalue weighted by atomic mass is 32.1. The summed E-state index contributed by atoms with van der Waals surface area (Å²) in [5, 5.41) is 5.75. The second-order valence-corrected chi connectivity index (χ2v) is 7.04. The summed E-state index contributed by atoms with van der Waals surface area (Å²) in [6, 6.07) is 11.7. The number of carbonyl (C=O) groups excluding carboxylic acids is 1. The number of rotatable bonds is 4. The zero-order valence-corrected chi connectivity index (χ0v) is 15.4. The van der Waals surface area contributed by atoms with E-state index in [1.54, 1.807) is 18.4 Å². The Hall–Kier alpha value is -2.66. The van der Waals surface area contributed by atoms with Gasteiger partial charge in [-0.05, 0) is 48.7 Å². The summed E-state index contributed by atoms with van der Waals surface area (Å²) in [5.74, 6) is -0.0836. The molecule has 0 saturated heterocycles. The highest BCUT2D eigenvalue weighted by molar-refractivity contribution is 7.10. The van der Waals surface area contributed by atoms with E-state index in [0.29, 0.717) is 5.56 Å². The van der Waals surface area contributed by atoms with Crippen LogP contribution in [0.25, 0.3) is 11.3 Å². The summed E-state index contributed by atoms with van der Waals surface area (Å²) in [6.45, 7) is 4.11. The lowest BCUT2D eigenvalue weighted by molar-refractivity contribution is 0.0963. The third kappa shape index (κ3) is 3.72. The molecule has 128 valence electrons. The average Bonchev–Trinajstić information content (AvgIpc) is 3.07. The number of aromatic nitrogens is 1. The molecule has 0 aliphatic carbocycles. The van der Waals surface area contributed by atoms with Crippen LogP contribution in [0.15, 0.2) is 41.8 Å². The van der Waals surface area contributed by atoms with Gasteiger partial charge in [0.05, 0.1) is 10.7 Å². The van der Waals surface area contributed by atoms with E-state index in [2.05, 4.69) is 23.7 Å². The van der Waals surface area contributed by atoms with Gasteiger partial charge >= 0.3 is 0 Å². The van der Waals surface area contributed by atoms with Crippen molar-refractivity contribution in [3.63, 3.8) is 0 Å². The molecule has 0 aliphatic heterocycles. The van der Waals surface area contributed by atoms with Gasteiger partial charge in [-0.15, -0.1) is 11.3 Å². The Bertz CT molecular complexity index is 913. The molecule has 1 aromatic heterocycles. The second kappa shape index (κ2) is 7.07. The summed E-state index contributed by atoms with van der Waals surface area (Å²) < 4.78 is 0. The molecule has 1 heterocycles. The zero-order valence-electron chi connectivity index (χ0n) is 14.6. The number of nitrogen functional groups attached to an aromatic ring is 1. The fourth-order valence-corrected chi connectivity index (χ4v) is 3.54. The Morgan fingerprint density at radius 1 is 1.16 bits per heavy atom. The molecule has 4 nitrogen and oxygen atoms in total. The van der Waals surface area contributed by atoms with Gasteiger partial charge in [-0.25, -0.2) is 4.98 Å². The van der Waals surface area contributed by atoms with E-state index < -0.39 is 0 Å². The Labute approximate surface area is 151 Å². The number of nitrogens with two attached hydrogens (primary N) is 1. The molecule has 0 spiro atoms. The molecule has 3 aromatic rings. The van der Waals surface area contributed by atoms with Crippen LogP contribution in [-0.2, 0) is 6.42 Å². The first-order valence-electron chi connectivity index (χ1n) is 8.10. The van der Waals surface area contributed by atoms with Gasteiger partial charge in [-0.2, -0.15) is 0 Å². The number of anilines is 1. The van der Waals surface area contributed by atoms with Crippen molar-refractivity contribution in [2.24, 2.45) is 0 Å². The van der Waals surface area contributed by atoms with Gasteiger partial charge in [0.1, 0.15) is 0 Å². The van der Waals surface area contributed by atoms with E-state index in [0.717, 1.165) is 33.9 Å². The van der Waals surface area contributed by atoms with Crippen molar-refractivity contribution in [3.8, 4) is 11.3 Å². The molecular weight excluding hydrogens is 330 g/mol. The normalized spacial score (nSPS) is 10.7. The maximum absolute atomic E-state index is 11.6. The van der Waals surface area contributed by atoms with Crippen LogP contribution in [0, 0.1) is 13.8 Å². The predicted molar refractivity (Wildman–Crippen MR) is 104 cm³/mol. The van der Waals surface area contributed by atoms with Crippen LogP contribution in [0.2, 0.25) is 0 Å². The van der Waals surface area contributed by atoms with Gasteiger partial charge in [0.2, 0.25) is 0 Å². The number of hydrogen-bond acceptors (Lipinski definition) is 4. The van der Waals surface area contributed by atoms with E-state index in [1.165, 1.54) is 11.1 Å². The van der Waals surface area contributed by atoms with Gasteiger partial charge in [-0.3, -0.25) is 4.79 Å². The zero-order chi connectivity index (χ0) is 18.0. The summed E-state index contributed by atoms with van der Waals surface area (Å²) >= 11 is 1.65.